The maximum absolute atomic E-state index is 5.51. The largest absolute Gasteiger partial charge is 0.496 e. The average Bonchev–Trinajstić information content (AvgIpc) is 2.46. The number of nitrogens with one attached hydrogen (secondary N) is 1. The van der Waals surface area contributed by atoms with Crippen LogP contribution in [0.2, 0.25) is 0 Å². The summed E-state index contributed by atoms with van der Waals surface area (Å²) in [5, 5.41) is 3.42. The molecule has 1 N–H and O–H groups in total. The van der Waals surface area contributed by atoms with Gasteiger partial charge < -0.3 is 10.1 Å². The van der Waals surface area contributed by atoms with E-state index in [1.54, 1.807) is 7.11 Å². The Hall–Kier alpha value is -1.06. The number of methoxy groups -OCH3 is 1. The standard InChI is InChI=1S/C16H28N2O/c1-5-10-17-12-15-9-8-14(11-16(15)19-4)13-18(6-2)7-3/h8-9,11,17H,5-7,10,12-13H2,1-4H3. The predicted molar refractivity (Wildman–Crippen MR) is 81.6 cm³/mol. The van der Waals surface area contributed by atoms with E-state index in [0.29, 0.717) is 0 Å². The topological polar surface area (TPSA) is 24.5 Å². The van der Waals surface area contributed by atoms with E-state index in [0.717, 1.165) is 44.9 Å². The van der Waals surface area contributed by atoms with Crippen LogP contribution < -0.4 is 10.1 Å². The second kappa shape index (κ2) is 8.94. The van der Waals surface area contributed by atoms with Crippen LogP contribution in [0.3, 0.4) is 0 Å². The van der Waals surface area contributed by atoms with Crippen molar-refractivity contribution < 1.29 is 4.74 Å². The van der Waals surface area contributed by atoms with Crippen LogP contribution >= 0.6 is 0 Å². The summed E-state index contributed by atoms with van der Waals surface area (Å²) in [6, 6.07) is 6.56. The molecule has 0 aromatic heterocycles. The Balaban J connectivity index is 2.71. The van der Waals surface area contributed by atoms with Gasteiger partial charge in [0.15, 0.2) is 0 Å². The highest BCUT2D eigenvalue weighted by Crippen LogP contribution is 2.21. The quantitative estimate of drug-likeness (QED) is 0.694. The van der Waals surface area contributed by atoms with Crippen LogP contribution in [-0.2, 0) is 13.1 Å². The first kappa shape index (κ1) is 16.0. The molecular formula is C16H28N2O. The van der Waals surface area contributed by atoms with Crippen molar-refractivity contribution in [2.24, 2.45) is 0 Å². The Bertz CT molecular complexity index is 362. The highest BCUT2D eigenvalue weighted by molar-refractivity contribution is 5.37. The van der Waals surface area contributed by atoms with Gasteiger partial charge in [-0.2, -0.15) is 0 Å². The molecule has 0 fully saturated rings. The maximum atomic E-state index is 5.51. The van der Waals surface area contributed by atoms with Crippen LogP contribution in [0.15, 0.2) is 18.2 Å². The molecule has 0 bridgehead atoms. The minimum atomic E-state index is 0.878. The first-order valence-electron chi connectivity index (χ1n) is 7.33. The first-order valence-corrected chi connectivity index (χ1v) is 7.33. The maximum Gasteiger partial charge on any atom is 0.123 e. The van der Waals surface area contributed by atoms with Crippen molar-refractivity contribution in [1.29, 1.82) is 0 Å². The van der Waals surface area contributed by atoms with Crippen molar-refractivity contribution in [1.82, 2.24) is 10.2 Å². The molecule has 0 aliphatic rings. The zero-order valence-electron chi connectivity index (χ0n) is 12.8. The van der Waals surface area contributed by atoms with Gasteiger partial charge in [0.25, 0.3) is 0 Å². The molecule has 108 valence electrons. The van der Waals surface area contributed by atoms with E-state index >= 15 is 0 Å². The van der Waals surface area contributed by atoms with Gasteiger partial charge in [0.1, 0.15) is 5.75 Å². The molecule has 1 rings (SSSR count). The van der Waals surface area contributed by atoms with Crippen molar-refractivity contribution in [3.8, 4) is 5.75 Å². The van der Waals surface area contributed by atoms with Gasteiger partial charge in [0.2, 0.25) is 0 Å². The second-order valence-corrected chi connectivity index (χ2v) is 4.78. The zero-order valence-corrected chi connectivity index (χ0v) is 12.8. The smallest absolute Gasteiger partial charge is 0.123 e. The summed E-state index contributed by atoms with van der Waals surface area (Å²) < 4.78 is 5.51. The Morgan fingerprint density at radius 1 is 1.16 bits per heavy atom. The average molecular weight is 264 g/mol. The minimum absolute atomic E-state index is 0.878. The van der Waals surface area contributed by atoms with Gasteiger partial charge in [0, 0.05) is 18.7 Å². The highest BCUT2D eigenvalue weighted by Gasteiger charge is 2.06. The van der Waals surface area contributed by atoms with Crippen molar-refractivity contribution in [3.63, 3.8) is 0 Å². The van der Waals surface area contributed by atoms with E-state index in [1.807, 2.05) is 0 Å². The number of hydrogen-bond acceptors (Lipinski definition) is 3. The third-order valence-corrected chi connectivity index (χ3v) is 3.39. The number of nitrogens with zero attached hydrogens (tertiary/aromatic N) is 1. The summed E-state index contributed by atoms with van der Waals surface area (Å²) in [7, 11) is 1.75. The fourth-order valence-corrected chi connectivity index (χ4v) is 2.14. The molecule has 0 saturated carbocycles. The molecule has 0 atom stereocenters. The number of rotatable bonds is 9. The van der Waals surface area contributed by atoms with Gasteiger partial charge in [-0.05, 0) is 37.7 Å². The summed E-state index contributed by atoms with van der Waals surface area (Å²) in [5.74, 6) is 0.994. The normalized spacial score (nSPS) is 11.0. The molecule has 0 spiro atoms. The Morgan fingerprint density at radius 2 is 1.89 bits per heavy atom. The molecule has 3 nitrogen and oxygen atoms in total. The van der Waals surface area contributed by atoms with Gasteiger partial charge in [-0.25, -0.2) is 0 Å². The van der Waals surface area contributed by atoms with Crippen molar-refractivity contribution in [3.05, 3.63) is 29.3 Å². The summed E-state index contributed by atoms with van der Waals surface area (Å²) in [5.41, 5.74) is 2.55. The van der Waals surface area contributed by atoms with E-state index in [2.05, 4.69) is 49.2 Å². The van der Waals surface area contributed by atoms with Crippen molar-refractivity contribution in [2.75, 3.05) is 26.7 Å². The number of benzene rings is 1. The van der Waals surface area contributed by atoms with Crippen molar-refractivity contribution in [2.45, 2.75) is 40.3 Å². The molecule has 1 aromatic rings. The molecule has 1 aromatic carbocycles. The molecule has 3 heteroatoms. The molecule has 19 heavy (non-hydrogen) atoms. The third-order valence-electron chi connectivity index (χ3n) is 3.39. The number of ether oxygens (including phenoxy) is 1. The van der Waals surface area contributed by atoms with Gasteiger partial charge >= 0.3 is 0 Å². The van der Waals surface area contributed by atoms with E-state index in [-0.39, 0.29) is 0 Å². The Kier molecular flexibility index (Phi) is 7.53. The zero-order chi connectivity index (χ0) is 14.1. The summed E-state index contributed by atoms with van der Waals surface area (Å²) in [6.45, 7) is 11.7. The minimum Gasteiger partial charge on any atom is -0.496 e. The van der Waals surface area contributed by atoms with E-state index in [4.69, 9.17) is 4.74 Å². The molecule has 0 amide bonds. The van der Waals surface area contributed by atoms with E-state index < -0.39 is 0 Å². The SMILES string of the molecule is CCCNCc1ccc(CN(CC)CC)cc1OC. The Labute approximate surface area is 118 Å². The van der Waals surface area contributed by atoms with Crippen LogP contribution in [0.1, 0.15) is 38.3 Å². The van der Waals surface area contributed by atoms with Gasteiger partial charge in [-0.3, -0.25) is 4.90 Å². The summed E-state index contributed by atoms with van der Waals surface area (Å²) >= 11 is 0. The van der Waals surface area contributed by atoms with Gasteiger partial charge in [-0.1, -0.05) is 32.9 Å². The molecule has 0 saturated heterocycles. The lowest BCUT2D eigenvalue weighted by molar-refractivity contribution is 0.295. The van der Waals surface area contributed by atoms with Crippen molar-refractivity contribution >= 4 is 0 Å². The number of hydrogen-bond donors (Lipinski definition) is 1. The van der Waals surface area contributed by atoms with Crippen LogP contribution in [0.5, 0.6) is 5.75 Å². The second-order valence-electron chi connectivity index (χ2n) is 4.78. The summed E-state index contributed by atoms with van der Waals surface area (Å²) in [6.07, 6.45) is 1.16. The molecule has 0 aliphatic carbocycles. The molecule has 0 aliphatic heterocycles. The van der Waals surface area contributed by atoms with Crippen LogP contribution in [0, 0.1) is 0 Å². The lowest BCUT2D eigenvalue weighted by Gasteiger charge is -2.19. The van der Waals surface area contributed by atoms with Crippen LogP contribution in [-0.4, -0.2) is 31.6 Å². The van der Waals surface area contributed by atoms with Gasteiger partial charge in [-0.15, -0.1) is 0 Å². The molecule has 0 heterocycles. The fraction of sp³-hybridized carbons (Fsp3) is 0.625. The van der Waals surface area contributed by atoms with Crippen LogP contribution in [0.25, 0.3) is 0 Å². The third kappa shape index (κ3) is 5.21. The predicted octanol–water partition coefficient (Wildman–Crippen LogP) is 3.04. The molecule has 0 unspecified atom stereocenters. The van der Waals surface area contributed by atoms with E-state index in [1.165, 1.54) is 11.1 Å². The highest BCUT2D eigenvalue weighted by atomic mass is 16.5. The lowest BCUT2D eigenvalue weighted by atomic mass is 10.1. The first-order chi connectivity index (χ1) is 9.24. The van der Waals surface area contributed by atoms with E-state index in [9.17, 15) is 0 Å². The lowest BCUT2D eigenvalue weighted by Crippen LogP contribution is -2.22. The molecular weight excluding hydrogens is 236 g/mol. The fourth-order valence-electron chi connectivity index (χ4n) is 2.14. The summed E-state index contributed by atoms with van der Waals surface area (Å²) in [4.78, 5) is 2.41. The molecule has 0 radical (unpaired) electrons. The monoisotopic (exact) mass is 264 g/mol. The van der Waals surface area contributed by atoms with Crippen LogP contribution in [0.4, 0.5) is 0 Å². The van der Waals surface area contributed by atoms with Gasteiger partial charge in [0.05, 0.1) is 7.11 Å². The Morgan fingerprint density at radius 3 is 2.47 bits per heavy atom.